The average molecular weight is 472 g/mol. The van der Waals surface area contributed by atoms with Gasteiger partial charge in [0.15, 0.2) is 0 Å². The molecule has 0 fully saturated rings. The lowest BCUT2D eigenvalue weighted by Gasteiger charge is -2.13. The first-order valence-electron chi connectivity index (χ1n) is 9.00. The van der Waals surface area contributed by atoms with Crippen LogP contribution in [0, 0.1) is 13.8 Å². The van der Waals surface area contributed by atoms with Gasteiger partial charge in [-0.25, -0.2) is 5.43 Å². The summed E-state index contributed by atoms with van der Waals surface area (Å²) < 4.78 is 7.06. The van der Waals surface area contributed by atoms with Crippen molar-refractivity contribution in [3.63, 3.8) is 0 Å². The van der Waals surface area contributed by atoms with Crippen LogP contribution in [-0.2, 0) is 6.61 Å². The molecule has 0 saturated carbocycles. The third-order valence-electron chi connectivity index (χ3n) is 4.27. The standard InChI is InChI=1S/C23H20BrClN2O2/c1-15-11-18(13-26-27-23(28)19-5-9-21(25)10-6-19)12-16(2)22(15)29-14-17-3-7-20(24)8-4-17/h3-13H,14H2,1-2H3,(H,27,28)/b26-13-. The molecule has 0 aliphatic carbocycles. The molecular formula is C23H20BrClN2O2. The normalized spacial score (nSPS) is 10.9. The minimum Gasteiger partial charge on any atom is -0.488 e. The first-order valence-corrected chi connectivity index (χ1v) is 10.2. The Kier molecular flexibility index (Phi) is 7.07. The van der Waals surface area contributed by atoms with E-state index in [-0.39, 0.29) is 5.91 Å². The molecule has 0 atom stereocenters. The number of hydrazone groups is 1. The lowest BCUT2D eigenvalue weighted by molar-refractivity contribution is 0.0955. The van der Waals surface area contributed by atoms with E-state index in [4.69, 9.17) is 16.3 Å². The van der Waals surface area contributed by atoms with Crippen molar-refractivity contribution < 1.29 is 9.53 Å². The van der Waals surface area contributed by atoms with E-state index >= 15 is 0 Å². The molecule has 1 amide bonds. The van der Waals surface area contributed by atoms with Crippen LogP contribution in [-0.4, -0.2) is 12.1 Å². The van der Waals surface area contributed by atoms with E-state index in [1.807, 2.05) is 50.2 Å². The van der Waals surface area contributed by atoms with Gasteiger partial charge in [-0.1, -0.05) is 39.7 Å². The third-order valence-corrected chi connectivity index (χ3v) is 5.05. The summed E-state index contributed by atoms with van der Waals surface area (Å²) >= 11 is 9.27. The number of hydrogen-bond acceptors (Lipinski definition) is 3. The van der Waals surface area contributed by atoms with E-state index in [9.17, 15) is 4.79 Å². The van der Waals surface area contributed by atoms with Crippen LogP contribution < -0.4 is 10.2 Å². The summed E-state index contributed by atoms with van der Waals surface area (Å²) in [6.07, 6.45) is 1.62. The lowest BCUT2D eigenvalue weighted by atomic mass is 10.1. The fraction of sp³-hybridized carbons (Fsp3) is 0.130. The third kappa shape index (κ3) is 5.92. The van der Waals surface area contributed by atoms with Crippen molar-refractivity contribution in [3.8, 4) is 5.75 Å². The zero-order chi connectivity index (χ0) is 20.8. The number of rotatable bonds is 6. The number of hydrogen-bond donors (Lipinski definition) is 1. The van der Waals surface area contributed by atoms with E-state index in [0.717, 1.165) is 32.5 Å². The topological polar surface area (TPSA) is 50.7 Å². The van der Waals surface area contributed by atoms with Crippen LogP contribution in [0.15, 0.2) is 70.2 Å². The van der Waals surface area contributed by atoms with Crippen LogP contribution in [0.5, 0.6) is 5.75 Å². The Bertz CT molecular complexity index is 1010. The summed E-state index contributed by atoms with van der Waals surface area (Å²) in [4.78, 5) is 12.1. The second-order valence-corrected chi connectivity index (χ2v) is 7.96. The predicted molar refractivity (Wildman–Crippen MR) is 121 cm³/mol. The van der Waals surface area contributed by atoms with Gasteiger partial charge in [0.05, 0.1) is 6.21 Å². The van der Waals surface area contributed by atoms with Crippen molar-refractivity contribution in [2.24, 2.45) is 5.10 Å². The number of ether oxygens (including phenoxy) is 1. The number of benzene rings is 3. The van der Waals surface area contributed by atoms with Gasteiger partial charge in [-0.05, 0) is 84.6 Å². The molecule has 0 heterocycles. The highest BCUT2D eigenvalue weighted by atomic mass is 79.9. The molecule has 4 nitrogen and oxygen atoms in total. The van der Waals surface area contributed by atoms with Gasteiger partial charge >= 0.3 is 0 Å². The van der Waals surface area contributed by atoms with Crippen LogP contribution in [0.2, 0.25) is 5.02 Å². The van der Waals surface area contributed by atoms with Gasteiger partial charge in [0, 0.05) is 15.1 Å². The minimum absolute atomic E-state index is 0.291. The fourth-order valence-electron chi connectivity index (χ4n) is 2.85. The molecule has 0 spiro atoms. The zero-order valence-electron chi connectivity index (χ0n) is 16.1. The molecule has 0 aliphatic heterocycles. The molecule has 3 aromatic rings. The molecule has 3 rings (SSSR count). The number of amides is 1. The van der Waals surface area contributed by atoms with E-state index < -0.39 is 0 Å². The van der Waals surface area contributed by atoms with Crippen molar-refractivity contribution >= 4 is 39.7 Å². The predicted octanol–water partition coefficient (Wildman–Crippen LogP) is 6.06. The van der Waals surface area contributed by atoms with Gasteiger partial charge < -0.3 is 4.74 Å². The largest absolute Gasteiger partial charge is 0.488 e. The second-order valence-electron chi connectivity index (χ2n) is 6.60. The van der Waals surface area contributed by atoms with Crippen molar-refractivity contribution in [2.75, 3.05) is 0 Å². The van der Waals surface area contributed by atoms with Gasteiger partial charge in [-0.2, -0.15) is 5.10 Å². The van der Waals surface area contributed by atoms with E-state index in [1.54, 1.807) is 30.5 Å². The fourth-order valence-corrected chi connectivity index (χ4v) is 3.24. The smallest absolute Gasteiger partial charge is 0.271 e. The van der Waals surface area contributed by atoms with Crippen molar-refractivity contribution in [2.45, 2.75) is 20.5 Å². The Morgan fingerprint density at radius 2 is 1.69 bits per heavy atom. The van der Waals surface area contributed by atoms with Crippen LogP contribution in [0.4, 0.5) is 0 Å². The van der Waals surface area contributed by atoms with Gasteiger partial charge in [0.1, 0.15) is 12.4 Å². The Morgan fingerprint density at radius 1 is 1.07 bits per heavy atom. The number of aryl methyl sites for hydroxylation is 2. The Hall–Kier alpha value is -2.63. The van der Waals surface area contributed by atoms with Crippen LogP contribution in [0.25, 0.3) is 0 Å². The summed E-state index contributed by atoms with van der Waals surface area (Å²) in [5.74, 6) is 0.566. The molecule has 0 unspecified atom stereocenters. The monoisotopic (exact) mass is 470 g/mol. The molecule has 1 N–H and O–H groups in total. The molecule has 0 bridgehead atoms. The highest BCUT2D eigenvalue weighted by molar-refractivity contribution is 9.10. The average Bonchev–Trinajstić information content (AvgIpc) is 2.69. The highest BCUT2D eigenvalue weighted by Gasteiger charge is 2.07. The molecule has 0 aromatic heterocycles. The number of carbonyl (C=O) groups is 1. The molecule has 0 aliphatic rings. The molecule has 148 valence electrons. The number of nitrogens with one attached hydrogen (secondary N) is 1. The van der Waals surface area contributed by atoms with E-state index in [1.165, 1.54) is 0 Å². The highest BCUT2D eigenvalue weighted by Crippen LogP contribution is 2.25. The maximum atomic E-state index is 12.1. The first kappa shape index (κ1) is 21.1. The maximum Gasteiger partial charge on any atom is 0.271 e. The summed E-state index contributed by atoms with van der Waals surface area (Å²) in [5, 5.41) is 4.63. The Morgan fingerprint density at radius 3 is 2.31 bits per heavy atom. The summed E-state index contributed by atoms with van der Waals surface area (Å²) in [6, 6.07) is 18.6. The van der Waals surface area contributed by atoms with Crippen LogP contribution >= 0.6 is 27.5 Å². The zero-order valence-corrected chi connectivity index (χ0v) is 18.4. The quantitative estimate of drug-likeness (QED) is 0.351. The van der Waals surface area contributed by atoms with Gasteiger partial charge in [0.2, 0.25) is 0 Å². The summed E-state index contributed by atoms with van der Waals surface area (Å²) in [5.41, 5.74) is 7.02. The number of carbonyl (C=O) groups excluding carboxylic acids is 1. The van der Waals surface area contributed by atoms with Gasteiger partial charge in [-0.15, -0.1) is 0 Å². The van der Waals surface area contributed by atoms with Gasteiger partial charge in [0.25, 0.3) is 5.91 Å². The van der Waals surface area contributed by atoms with Gasteiger partial charge in [-0.3, -0.25) is 4.79 Å². The SMILES string of the molecule is Cc1cc(/C=N\NC(=O)c2ccc(Cl)cc2)cc(C)c1OCc1ccc(Br)cc1. The molecule has 29 heavy (non-hydrogen) atoms. The Labute approximate surface area is 183 Å². The summed E-state index contributed by atoms with van der Waals surface area (Å²) in [7, 11) is 0. The van der Waals surface area contributed by atoms with Crippen molar-refractivity contribution in [1.82, 2.24) is 5.43 Å². The van der Waals surface area contributed by atoms with Crippen molar-refractivity contribution in [3.05, 3.63) is 98.0 Å². The molecule has 0 radical (unpaired) electrons. The first-order chi connectivity index (χ1) is 13.9. The molecule has 3 aromatic carbocycles. The van der Waals surface area contributed by atoms with Crippen LogP contribution in [0.1, 0.15) is 32.6 Å². The van der Waals surface area contributed by atoms with Crippen molar-refractivity contribution in [1.29, 1.82) is 0 Å². The second kappa shape index (κ2) is 9.72. The maximum absolute atomic E-state index is 12.1. The van der Waals surface area contributed by atoms with E-state index in [0.29, 0.717) is 17.2 Å². The number of nitrogens with zero attached hydrogens (tertiary/aromatic N) is 1. The molecule has 0 saturated heterocycles. The lowest BCUT2D eigenvalue weighted by Crippen LogP contribution is -2.17. The van der Waals surface area contributed by atoms with Crippen LogP contribution in [0.3, 0.4) is 0 Å². The minimum atomic E-state index is -0.291. The Balaban J connectivity index is 1.63. The van der Waals surface area contributed by atoms with E-state index in [2.05, 4.69) is 26.5 Å². The molecular weight excluding hydrogens is 452 g/mol. The molecule has 6 heteroatoms. The summed E-state index contributed by atoms with van der Waals surface area (Å²) in [6.45, 7) is 4.49. The number of halogens is 2.